The van der Waals surface area contributed by atoms with E-state index in [1.807, 2.05) is 29.7 Å². The highest BCUT2D eigenvalue weighted by molar-refractivity contribution is 7.91. The quantitative estimate of drug-likeness (QED) is 0.892. The monoisotopic (exact) mass is 335 g/mol. The molecule has 1 fully saturated rings. The summed E-state index contributed by atoms with van der Waals surface area (Å²) in [5.41, 5.74) is 2.96. The van der Waals surface area contributed by atoms with Gasteiger partial charge < -0.3 is 9.88 Å². The van der Waals surface area contributed by atoms with Crippen molar-refractivity contribution in [3.05, 3.63) is 30.1 Å². The third kappa shape index (κ3) is 3.55. The first-order valence-corrected chi connectivity index (χ1v) is 9.65. The number of fused-ring (bicyclic) bond motifs is 1. The van der Waals surface area contributed by atoms with Crippen molar-refractivity contribution in [2.24, 2.45) is 5.92 Å². The smallest absolute Gasteiger partial charge is 0.240 e. The number of hydrogen-bond donors (Lipinski definition) is 1. The lowest BCUT2D eigenvalue weighted by atomic mass is 9.85. The zero-order valence-corrected chi connectivity index (χ0v) is 14.1. The molecule has 0 spiro atoms. The van der Waals surface area contributed by atoms with Gasteiger partial charge in [0.05, 0.1) is 22.6 Å². The van der Waals surface area contributed by atoms with E-state index in [1.54, 1.807) is 6.33 Å². The summed E-state index contributed by atoms with van der Waals surface area (Å²) < 4.78 is 24.5. The van der Waals surface area contributed by atoms with E-state index in [9.17, 15) is 13.2 Å². The van der Waals surface area contributed by atoms with Gasteiger partial charge >= 0.3 is 0 Å². The Bertz CT molecular complexity index is 835. The van der Waals surface area contributed by atoms with Crippen LogP contribution in [0.1, 0.15) is 18.4 Å². The van der Waals surface area contributed by atoms with Gasteiger partial charge in [-0.3, -0.25) is 4.79 Å². The van der Waals surface area contributed by atoms with E-state index in [0.717, 1.165) is 16.6 Å². The molecule has 1 saturated carbocycles. The largest absolute Gasteiger partial charge is 0.354 e. The summed E-state index contributed by atoms with van der Waals surface area (Å²) in [5.74, 6) is 0.188. The van der Waals surface area contributed by atoms with E-state index in [0.29, 0.717) is 19.4 Å². The van der Waals surface area contributed by atoms with Crippen molar-refractivity contribution in [3.63, 3.8) is 0 Å². The number of rotatable bonds is 5. The predicted molar refractivity (Wildman–Crippen MR) is 88.8 cm³/mol. The van der Waals surface area contributed by atoms with Crippen LogP contribution in [-0.2, 0) is 21.2 Å². The second-order valence-electron chi connectivity index (χ2n) is 6.46. The van der Waals surface area contributed by atoms with E-state index in [1.165, 1.54) is 6.26 Å². The van der Waals surface area contributed by atoms with E-state index in [2.05, 4.69) is 10.3 Å². The molecule has 0 bridgehead atoms. The van der Waals surface area contributed by atoms with Crippen LogP contribution in [0, 0.1) is 12.8 Å². The van der Waals surface area contributed by atoms with E-state index in [4.69, 9.17) is 0 Å². The van der Waals surface area contributed by atoms with Crippen molar-refractivity contribution in [1.29, 1.82) is 0 Å². The number of benzene rings is 1. The summed E-state index contributed by atoms with van der Waals surface area (Å²) in [6.07, 6.45) is 4.24. The molecule has 1 aromatic heterocycles. The molecule has 7 heteroatoms. The molecule has 23 heavy (non-hydrogen) atoms. The lowest BCUT2D eigenvalue weighted by Crippen LogP contribution is -2.42. The highest BCUT2D eigenvalue weighted by atomic mass is 32.2. The molecular weight excluding hydrogens is 314 g/mol. The highest BCUT2D eigenvalue weighted by Crippen LogP contribution is 2.31. The van der Waals surface area contributed by atoms with Gasteiger partial charge in [-0.1, -0.05) is 6.07 Å². The molecule has 0 atom stereocenters. The van der Waals surface area contributed by atoms with Crippen LogP contribution in [0.5, 0.6) is 0 Å². The van der Waals surface area contributed by atoms with Crippen molar-refractivity contribution >= 4 is 26.8 Å². The van der Waals surface area contributed by atoms with Crippen molar-refractivity contribution < 1.29 is 13.2 Å². The van der Waals surface area contributed by atoms with Gasteiger partial charge in [0.15, 0.2) is 0 Å². The molecule has 1 aliphatic carbocycles. The minimum atomic E-state index is -2.93. The number of nitrogens with one attached hydrogen (secondary N) is 1. The molecule has 1 aliphatic rings. The van der Waals surface area contributed by atoms with Crippen LogP contribution < -0.4 is 5.32 Å². The third-order valence-electron chi connectivity index (χ3n) is 4.48. The zero-order chi connectivity index (χ0) is 16.6. The van der Waals surface area contributed by atoms with Crippen molar-refractivity contribution in [1.82, 2.24) is 14.9 Å². The lowest BCUT2D eigenvalue weighted by molar-refractivity contribution is -0.121. The van der Waals surface area contributed by atoms with Crippen LogP contribution in [0.4, 0.5) is 0 Å². The first kappa shape index (κ1) is 16.0. The molecule has 2 aromatic rings. The topological polar surface area (TPSA) is 81.1 Å². The van der Waals surface area contributed by atoms with Crippen molar-refractivity contribution in [3.8, 4) is 0 Å². The van der Waals surface area contributed by atoms with Gasteiger partial charge in [-0.05, 0) is 43.4 Å². The van der Waals surface area contributed by atoms with Gasteiger partial charge in [0.2, 0.25) is 5.91 Å². The van der Waals surface area contributed by atoms with E-state index >= 15 is 0 Å². The molecular formula is C16H21N3O3S. The molecule has 1 N–H and O–H groups in total. The predicted octanol–water partition coefficient (Wildman–Crippen LogP) is 1.28. The van der Waals surface area contributed by atoms with Crippen LogP contribution in [0.15, 0.2) is 24.5 Å². The number of carbonyl (C=O) groups excluding carboxylic acids is 1. The third-order valence-corrected chi connectivity index (χ3v) is 6.07. The van der Waals surface area contributed by atoms with Crippen molar-refractivity contribution in [2.45, 2.75) is 31.6 Å². The molecule has 1 aromatic carbocycles. The maximum atomic E-state index is 12.1. The lowest BCUT2D eigenvalue weighted by Gasteiger charge is -2.33. The average molecular weight is 335 g/mol. The number of carbonyl (C=O) groups is 1. The van der Waals surface area contributed by atoms with Crippen LogP contribution in [0.3, 0.4) is 0 Å². The molecule has 0 unspecified atom stereocenters. The van der Waals surface area contributed by atoms with Crippen LogP contribution in [-0.4, -0.2) is 41.9 Å². The fraction of sp³-hybridized carbons (Fsp3) is 0.500. The Morgan fingerprint density at radius 3 is 2.83 bits per heavy atom. The molecule has 0 aliphatic heterocycles. The summed E-state index contributed by atoms with van der Waals surface area (Å²) in [6, 6.07) is 5.95. The maximum Gasteiger partial charge on any atom is 0.240 e. The highest BCUT2D eigenvalue weighted by Gasteiger charge is 2.35. The fourth-order valence-electron chi connectivity index (χ4n) is 2.96. The normalized spacial score (nSPS) is 21.1. The molecule has 1 amide bonds. The number of nitrogens with zero attached hydrogens (tertiary/aromatic N) is 2. The van der Waals surface area contributed by atoms with Gasteiger partial charge in [-0.2, -0.15) is 0 Å². The summed E-state index contributed by atoms with van der Waals surface area (Å²) in [5, 5.41) is 2.66. The SMILES string of the molecule is Cc1ccc2c(c1)ncn2CC(=O)NCC1CC(S(C)(=O)=O)C1. The van der Waals surface area contributed by atoms with Crippen LogP contribution in [0.25, 0.3) is 11.0 Å². The Kier molecular flexibility index (Phi) is 4.14. The molecule has 3 rings (SSSR count). The number of aromatic nitrogens is 2. The molecule has 0 radical (unpaired) electrons. The minimum absolute atomic E-state index is 0.0762. The Morgan fingerprint density at radius 2 is 2.13 bits per heavy atom. The molecule has 1 heterocycles. The van der Waals surface area contributed by atoms with Crippen LogP contribution >= 0.6 is 0 Å². The standard InChI is InChI=1S/C16H21N3O3S/c1-11-3-4-15-14(5-11)18-10-19(15)9-16(20)17-8-12-6-13(7-12)23(2,21)22/h3-5,10,12-13H,6-9H2,1-2H3,(H,17,20). The second-order valence-corrected chi connectivity index (χ2v) is 8.78. The number of amides is 1. The summed E-state index contributed by atoms with van der Waals surface area (Å²) in [4.78, 5) is 16.4. The minimum Gasteiger partial charge on any atom is -0.354 e. The number of imidazole rings is 1. The first-order valence-electron chi connectivity index (χ1n) is 7.70. The Labute approximate surface area is 135 Å². The van der Waals surface area contributed by atoms with Gasteiger partial charge in [-0.15, -0.1) is 0 Å². The Balaban J connectivity index is 1.52. The summed E-state index contributed by atoms with van der Waals surface area (Å²) in [6.45, 7) is 2.77. The number of aryl methyl sites for hydroxylation is 1. The summed E-state index contributed by atoms with van der Waals surface area (Å²) in [7, 11) is -2.93. The molecule has 0 saturated heterocycles. The van der Waals surface area contributed by atoms with Gasteiger partial charge in [0, 0.05) is 12.8 Å². The first-order chi connectivity index (χ1) is 10.8. The van der Waals surface area contributed by atoms with Crippen molar-refractivity contribution in [2.75, 3.05) is 12.8 Å². The number of hydrogen-bond acceptors (Lipinski definition) is 4. The fourth-order valence-corrected chi connectivity index (χ4v) is 4.20. The summed E-state index contributed by atoms with van der Waals surface area (Å²) >= 11 is 0. The Hall–Kier alpha value is -1.89. The second kappa shape index (κ2) is 5.96. The maximum absolute atomic E-state index is 12.1. The molecule has 6 nitrogen and oxygen atoms in total. The van der Waals surface area contributed by atoms with Gasteiger partial charge in [0.25, 0.3) is 0 Å². The zero-order valence-electron chi connectivity index (χ0n) is 13.3. The van der Waals surface area contributed by atoms with E-state index in [-0.39, 0.29) is 23.6 Å². The van der Waals surface area contributed by atoms with Gasteiger partial charge in [0.1, 0.15) is 16.4 Å². The Morgan fingerprint density at radius 1 is 1.39 bits per heavy atom. The average Bonchev–Trinajstić information content (AvgIpc) is 2.77. The number of sulfone groups is 1. The van der Waals surface area contributed by atoms with Crippen LogP contribution in [0.2, 0.25) is 0 Å². The van der Waals surface area contributed by atoms with E-state index < -0.39 is 9.84 Å². The van der Waals surface area contributed by atoms with Gasteiger partial charge in [-0.25, -0.2) is 13.4 Å². The molecule has 124 valence electrons.